The normalized spacial score (nSPS) is 24.9. The average Bonchev–Trinajstić information content (AvgIpc) is 3.43. The summed E-state index contributed by atoms with van der Waals surface area (Å²) < 4.78 is 8.22. The van der Waals surface area contributed by atoms with Gasteiger partial charge in [0.15, 0.2) is 5.65 Å². The molecule has 2 aromatic carbocycles. The van der Waals surface area contributed by atoms with Crippen molar-refractivity contribution in [3.63, 3.8) is 0 Å². The Morgan fingerprint density at radius 1 is 0.939 bits per heavy atom. The van der Waals surface area contributed by atoms with Gasteiger partial charge in [-0.15, -0.1) is 0 Å². The Kier molecular flexibility index (Phi) is 9.06. The fraction of sp³-hybridized carbons (Fsp3) is 0.525. The van der Waals surface area contributed by atoms with Crippen LogP contribution >= 0.6 is 0 Å². The number of β-amino-alcohol motifs (C(OH)–C–C–N with tert-alkyl or cyclic N) is 1. The number of ether oxygens (including phenoxy) is 1. The van der Waals surface area contributed by atoms with Gasteiger partial charge in [-0.2, -0.15) is 9.61 Å². The summed E-state index contributed by atoms with van der Waals surface area (Å²) in [6.07, 6.45) is 9.51. The minimum atomic E-state index is 0.178. The maximum Gasteiger partial charge on any atom is 0.220 e. The van der Waals surface area contributed by atoms with Crippen LogP contribution in [0.5, 0.6) is 5.75 Å². The first kappa shape index (κ1) is 32.3. The molecule has 3 heterocycles. The molecule has 1 aliphatic heterocycles. The molecule has 0 atom stereocenters. The van der Waals surface area contributed by atoms with Gasteiger partial charge < -0.3 is 20.1 Å². The van der Waals surface area contributed by atoms with Gasteiger partial charge in [-0.25, -0.2) is 4.98 Å². The van der Waals surface area contributed by atoms with E-state index < -0.39 is 0 Å². The van der Waals surface area contributed by atoms with Crippen LogP contribution in [-0.4, -0.2) is 83.0 Å². The molecule has 2 N–H and O–H groups in total. The van der Waals surface area contributed by atoms with Gasteiger partial charge in [0.25, 0.3) is 0 Å². The molecular formula is C40H50N6O3. The van der Waals surface area contributed by atoms with Crippen LogP contribution in [0.1, 0.15) is 57.1 Å². The van der Waals surface area contributed by atoms with Crippen LogP contribution in [0.3, 0.4) is 0 Å². The third kappa shape index (κ3) is 6.80. The Balaban J connectivity index is 0.953. The molecule has 9 heteroatoms. The minimum Gasteiger partial charge on any atom is -0.494 e. The summed E-state index contributed by atoms with van der Waals surface area (Å²) in [7, 11) is 0. The minimum absolute atomic E-state index is 0.178. The molecular weight excluding hydrogens is 612 g/mol. The summed E-state index contributed by atoms with van der Waals surface area (Å²) in [5, 5.41) is 17.7. The molecule has 5 fully saturated rings. The van der Waals surface area contributed by atoms with Crippen LogP contribution in [0.4, 0.5) is 5.82 Å². The van der Waals surface area contributed by atoms with E-state index in [4.69, 9.17) is 14.8 Å². The molecule has 0 spiro atoms. The monoisotopic (exact) mass is 662 g/mol. The largest absolute Gasteiger partial charge is 0.494 e. The number of amides is 1. The van der Waals surface area contributed by atoms with Crippen LogP contribution in [0, 0.1) is 30.1 Å². The Morgan fingerprint density at radius 3 is 2.37 bits per heavy atom. The van der Waals surface area contributed by atoms with Crippen molar-refractivity contribution >= 4 is 17.4 Å². The maximum absolute atomic E-state index is 13.0. The first-order valence-electron chi connectivity index (χ1n) is 18.5. The number of hydrogen-bond donors (Lipinski definition) is 2. The number of aromatic nitrogens is 3. The fourth-order valence-corrected chi connectivity index (χ4v) is 9.91. The van der Waals surface area contributed by atoms with E-state index in [-0.39, 0.29) is 17.9 Å². The van der Waals surface area contributed by atoms with Gasteiger partial charge in [0.2, 0.25) is 5.91 Å². The van der Waals surface area contributed by atoms with E-state index in [1.807, 2.05) is 22.7 Å². The topological polar surface area (TPSA) is 95.2 Å². The molecule has 0 radical (unpaired) electrons. The number of rotatable bonds is 12. The van der Waals surface area contributed by atoms with Crippen molar-refractivity contribution < 1.29 is 14.6 Å². The second-order valence-corrected chi connectivity index (χ2v) is 15.3. The number of carbonyl (C=O) groups is 1. The summed E-state index contributed by atoms with van der Waals surface area (Å²) in [4.78, 5) is 22.9. The third-order valence-corrected chi connectivity index (χ3v) is 11.7. The lowest BCUT2D eigenvalue weighted by Crippen LogP contribution is -2.48. The molecule has 4 bridgehead atoms. The number of carbonyl (C=O) groups excluding carboxylic acids is 1. The standard InChI is InChI=1S/C40H50N6O3/c1-28-38(32-7-3-2-4-8-32)39-42-35(23-37(46(39)43-28)45-14-12-44(13-15-45)16-17-47)33-9-5-10-34(22-33)49-18-6-11-41-36(48)27-40-24-29-19-30(25-40)21-31(20-29)26-40/h2-5,7-10,22-23,29-31,47H,6,11-21,24-27H2,1H3,(H,41,48). The van der Waals surface area contributed by atoms with Gasteiger partial charge in [0.1, 0.15) is 11.6 Å². The number of anilines is 1. The zero-order valence-corrected chi connectivity index (χ0v) is 28.8. The first-order chi connectivity index (χ1) is 23.9. The zero-order chi connectivity index (χ0) is 33.4. The fourth-order valence-electron chi connectivity index (χ4n) is 9.91. The van der Waals surface area contributed by atoms with Crippen molar-refractivity contribution in [1.29, 1.82) is 0 Å². The number of piperazine rings is 1. The zero-order valence-electron chi connectivity index (χ0n) is 28.8. The van der Waals surface area contributed by atoms with E-state index in [1.165, 1.54) is 38.5 Å². The Morgan fingerprint density at radius 2 is 1.65 bits per heavy atom. The van der Waals surface area contributed by atoms with Crippen molar-refractivity contribution in [2.75, 3.05) is 57.4 Å². The van der Waals surface area contributed by atoms with Crippen molar-refractivity contribution in [3.8, 4) is 28.1 Å². The van der Waals surface area contributed by atoms with E-state index in [0.29, 0.717) is 26.1 Å². The highest BCUT2D eigenvalue weighted by Crippen LogP contribution is 2.61. The number of benzene rings is 2. The quantitative estimate of drug-likeness (QED) is 0.180. The second-order valence-electron chi connectivity index (χ2n) is 15.3. The number of aryl methyl sites for hydroxylation is 1. The molecule has 4 aromatic rings. The lowest BCUT2D eigenvalue weighted by molar-refractivity contribution is -0.129. The summed E-state index contributed by atoms with van der Waals surface area (Å²) >= 11 is 0. The van der Waals surface area contributed by atoms with Crippen LogP contribution in [-0.2, 0) is 4.79 Å². The van der Waals surface area contributed by atoms with Crippen molar-refractivity contribution in [1.82, 2.24) is 24.8 Å². The molecule has 4 saturated carbocycles. The first-order valence-corrected chi connectivity index (χ1v) is 18.5. The van der Waals surface area contributed by atoms with E-state index in [2.05, 4.69) is 64.5 Å². The molecule has 5 aliphatic rings. The Hall–Kier alpha value is -3.95. The number of nitrogens with one attached hydrogen (secondary N) is 1. The van der Waals surface area contributed by atoms with Crippen LogP contribution < -0.4 is 15.0 Å². The van der Waals surface area contributed by atoms with Gasteiger partial charge in [0, 0.05) is 62.9 Å². The van der Waals surface area contributed by atoms with E-state index in [0.717, 1.165) is 95.6 Å². The van der Waals surface area contributed by atoms with Gasteiger partial charge in [-0.05, 0) is 92.7 Å². The summed E-state index contributed by atoms with van der Waals surface area (Å²) in [6.45, 7) is 7.58. The van der Waals surface area contributed by atoms with E-state index in [1.54, 1.807) is 0 Å². The van der Waals surface area contributed by atoms with E-state index in [9.17, 15) is 9.90 Å². The third-order valence-electron chi connectivity index (χ3n) is 11.7. The molecule has 2 aromatic heterocycles. The second kappa shape index (κ2) is 13.8. The molecule has 9 rings (SSSR count). The van der Waals surface area contributed by atoms with Crippen LogP contribution in [0.15, 0.2) is 60.7 Å². The molecule has 1 amide bonds. The summed E-state index contributed by atoms with van der Waals surface area (Å²) in [5.41, 5.74) is 6.06. The van der Waals surface area contributed by atoms with Crippen LogP contribution in [0.2, 0.25) is 0 Å². The average molecular weight is 663 g/mol. The predicted octanol–water partition coefficient (Wildman–Crippen LogP) is 5.98. The van der Waals surface area contributed by atoms with Crippen molar-refractivity contribution in [3.05, 3.63) is 66.4 Å². The predicted molar refractivity (Wildman–Crippen MR) is 193 cm³/mol. The molecule has 9 nitrogen and oxygen atoms in total. The number of nitrogens with zero attached hydrogens (tertiary/aromatic N) is 5. The molecule has 1 saturated heterocycles. The maximum atomic E-state index is 13.0. The highest BCUT2D eigenvalue weighted by atomic mass is 16.5. The van der Waals surface area contributed by atoms with E-state index >= 15 is 0 Å². The van der Waals surface area contributed by atoms with Gasteiger partial charge in [-0.3, -0.25) is 9.69 Å². The highest BCUT2D eigenvalue weighted by molar-refractivity contribution is 5.83. The lowest BCUT2D eigenvalue weighted by atomic mass is 9.49. The Labute approximate surface area is 289 Å². The number of aliphatic hydroxyl groups excluding tert-OH is 1. The van der Waals surface area contributed by atoms with Gasteiger partial charge >= 0.3 is 0 Å². The molecule has 0 unspecified atom stereocenters. The van der Waals surface area contributed by atoms with Crippen LogP contribution in [0.25, 0.3) is 28.0 Å². The highest BCUT2D eigenvalue weighted by Gasteiger charge is 2.51. The smallest absolute Gasteiger partial charge is 0.220 e. The number of hydrogen-bond acceptors (Lipinski definition) is 7. The van der Waals surface area contributed by atoms with Crippen molar-refractivity contribution in [2.45, 2.75) is 58.3 Å². The SMILES string of the molecule is Cc1nn2c(N3CCN(CCO)CC3)cc(-c3cccc(OCCCNC(=O)CC45CC6CC(CC(C6)C4)C5)c3)nc2c1-c1ccccc1. The summed E-state index contributed by atoms with van der Waals surface area (Å²) in [6, 6.07) is 20.7. The lowest BCUT2D eigenvalue weighted by Gasteiger charge is -2.56. The molecule has 4 aliphatic carbocycles. The number of aliphatic hydroxyl groups is 1. The van der Waals surface area contributed by atoms with Gasteiger partial charge in [0.05, 0.1) is 24.6 Å². The van der Waals surface area contributed by atoms with Crippen molar-refractivity contribution in [2.24, 2.45) is 23.2 Å². The number of fused-ring (bicyclic) bond motifs is 1. The van der Waals surface area contributed by atoms with Gasteiger partial charge in [-0.1, -0.05) is 42.5 Å². The Bertz CT molecular complexity index is 1740. The molecule has 49 heavy (non-hydrogen) atoms. The summed E-state index contributed by atoms with van der Waals surface area (Å²) in [5.74, 6) is 4.65. The molecule has 258 valence electrons.